The van der Waals surface area contributed by atoms with Gasteiger partial charge in [0.1, 0.15) is 6.26 Å². The van der Waals surface area contributed by atoms with Crippen molar-refractivity contribution in [2.45, 2.75) is 19.8 Å². The van der Waals surface area contributed by atoms with Crippen LogP contribution in [0.5, 0.6) is 0 Å². The molecule has 0 aliphatic carbocycles. The summed E-state index contributed by atoms with van der Waals surface area (Å²) in [5, 5.41) is 3.07. The number of allylic oxidation sites excluding steroid dienone is 5. The van der Waals surface area contributed by atoms with Crippen LogP contribution in [-0.4, -0.2) is 18.6 Å². The van der Waals surface area contributed by atoms with Gasteiger partial charge in [-0.2, -0.15) is 0 Å². The molecule has 0 saturated carbocycles. The first-order valence-corrected chi connectivity index (χ1v) is 5.82. The number of aromatic nitrogens is 1. The zero-order chi connectivity index (χ0) is 12.5. The maximum absolute atomic E-state index is 5.39. The van der Waals surface area contributed by atoms with Crippen molar-refractivity contribution >= 4 is 0 Å². The van der Waals surface area contributed by atoms with Crippen LogP contribution in [0.4, 0.5) is 0 Å². The molecule has 0 aliphatic heterocycles. The van der Waals surface area contributed by atoms with Crippen LogP contribution in [0.25, 0.3) is 0 Å². The molecular weight excluding hydrogens is 212 g/mol. The number of hydrogen-bond donors (Lipinski definition) is 1. The number of oxazole rings is 1. The van der Waals surface area contributed by atoms with Gasteiger partial charge >= 0.3 is 0 Å². The summed E-state index contributed by atoms with van der Waals surface area (Å²) in [4.78, 5) is 4.44. The van der Waals surface area contributed by atoms with E-state index in [1.54, 1.807) is 12.3 Å². The molecule has 0 saturated heterocycles. The third-order valence-corrected chi connectivity index (χ3v) is 2.39. The van der Waals surface area contributed by atoms with Gasteiger partial charge in [0.2, 0.25) is 0 Å². The number of rotatable bonds is 7. The second-order valence-corrected chi connectivity index (χ2v) is 3.72. The van der Waals surface area contributed by atoms with Crippen LogP contribution < -0.4 is 5.32 Å². The topological polar surface area (TPSA) is 38.1 Å². The molecule has 1 aromatic rings. The van der Waals surface area contributed by atoms with E-state index in [1.165, 1.54) is 5.57 Å². The van der Waals surface area contributed by atoms with Crippen LogP contribution in [0.15, 0.2) is 47.1 Å². The predicted molar refractivity (Wildman–Crippen MR) is 70.9 cm³/mol. The van der Waals surface area contributed by atoms with Gasteiger partial charge in [-0.15, -0.1) is 0 Å². The molecule has 0 fully saturated rings. The van der Waals surface area contributed by atoms with Crippen molar-refractivity contribution in [3.8, 4) is 0 Å². The first-order valence-electron chi connectivity index (χ1n) is 5.82. The Balaban J connectivity index is 2.58. The molecule has 0 atom stereocenters. The fraction of sp³-hybridized carbons (Fsp3) is 0.357. The van der Waals surface area contributed by atoms with Crippen LogP contribution in [0.1, 0.15) is 18.5 Å². The van der Waals surface area contributed by atoms with E-state index in [4.69, 9.17) is 4.42 Å². The minimum absolute atomic E-state index is 0.789. The van der Waals surface area contributed by atoms with Crippen molar-refractivity contribution in [1.29, 1.82) is 0 Å². The van der Waals surface area contributed by atoms with Gasteiger partial charge in [-0.05, 0) is 19.5 Å². The van der Waals surface area contributed by atoms with E-state index in [9.17, 15) is 0 Å². The zero-order valence-corrected chi connectivity index (χ0v) is 10.6. The highest BCUT2D eigenvalue weighted by molar-refractivity contribution is 5.25. The van der Waals surface area contributed by atoms with Crippen LogP contribution in [0.2, 0.25) is 0 Å². The van der Waals surface area contributed by atoms with Gasteiger partial charge in [-0.1, -0.05) is 30.9 Å². The van der Waals surface area contributed by atoms with Crippen molar-refractivity contribution < 1.29 is 4.42 Å². The molecule has 0 aromatic carbocycles. The third kappa shape index (κ3) is 4.83. The summed E-state index contributed by atoms with van der Waals surface area (Å²) in [6.45, 7) is 6.56. The van der Waals surface area contributed by atoms with Crippen molar-refractivity contribution in [2.75, 3.05) is 13.6 Å². The van der Waals surface area contributed by atoms with E-state index in [0.717, 1.165) is 31.0 Å². The molecule has 1 heterocycles. The molecule has 17 heavy (non-hydrogen) atoms. The van der Waals surface area contributed by atoms with Gasteiger partial charge in [0.05, 0.1) is 5.69 Å². The number of hydrogen-bond acceptors (Lipinski definition) is 3. The Morgan fingerprint density at radius 3 is 3.06 bits per heavy atom. The standard InChI is InChI=1S/C14H20N2O/c1-4-6-7-12(5-2)10-13-11-17-14(16-13)8-9-15-3/h4-7,11,15H,1,8-10H2,2-3H3/b7-6-,12-5+. The number of likely N-dealkylation sites (N-methyl/N-ethyl adjacent to an activating group) is 1. The Bertz CT molecular complexity index is 402. The average molecular weight is 232 g/mol. The lowest BCUT2D eigenvalue weighted by Gasteiger charge is -1.96. The van der Waals surface area contributed by atoms with Gasteiger partial charge in [-0.3, -0.25) is 0 Å². The molecule has 3 nitrogen and oxygen atoms in total. The van der Waals surface area contributed by atoms with Crippen molar-refractivity contribution in [3.63, 3.8) is 0 Å². The number of nitrogens with one attached hydrogen (secondary N) is 1. The summed E-state index contributed by atoms with van der Waals surface area (Å²) in [6, 6.07) is 0. The Morgan fingerprint density at radius 1 is 1.59 bits per heavy atom. The molecule has 1 rings (SSSR count). The molecule has 0 bridgehead atoms. The second-order valence-electron chi connectivity index (χ2n) is 3.72. The van der Waals surface area contributed by atoms with Gasteiger partial charge in [-0.25, -0.2) is 4.98 Å². The Morgan fingerprint density at radius 2 is 2.41 bits per heavy atom. The van der Waals surface area contributed by atoms with E-state index in [2.05, 4.69) is 23.0 Å². The summed E-state index contributed by atoms with van der Waals surface area (Å²) in [6.07, 6.45) is 11.2. The highest BCUT2D eigenvalue weighted by atomic mass is 16.3. The lowest BCUT2D eigenvalue weighted by molar-refractivity contribution is 0.489. The van der Waals surface area contributed by atoms with Crippen LogP contribution >= 0.6 is 0 Å². The van der Waals surface area contributed by atoms with Gasteiger partial charge in [0.25, 0.3) is 0 Å². The summed E-state index contributed by atoms with van der Waals surface area (Å²) < 4.78 is 5.39. The normalized spacial score (nSPS) is 12.2. The molecule has 0 aliphatic rings. The predicted octanol–water partition coefficient (Wildman–Crippen LogP) is 2.67. The monoisotopic (exact) mass is 232 g/mol. The largest absolute Gasteiger partial charge is 0.449 e. The van der Waals surface area contributed by atoms with Crippen LogP contribution in [-0.2, 0) is 12.8 Å². The number of nitrogens with zero attached hydrogens (tertiary/aromatic N) is 1. The summed E-state index contributed by atoms with van der Waals surface area (Å²) in [5.41, 5.74) is 2.18. The minimum atomic E-state index is 0.789. The average Bonchev–Trinajstić information content (AvgIpc) is 2.79. The van der Waals surface area contributed by atoms with E-state index in [-0.39, 0.29) is 0 Å². The molecular formula is C14H20N2O. The van der Waals surface area contributed by atoms with Gasteiger partial charge < -0.3 is 9.73 Å². The quantitative estimate of drug-likeness (QED) is 0.734. The fourth-order valence-electron chi connectivity index (χ4n) is 1.43. The smallest absolute Gasteiger partial charge is 0.195 e. The molecule has 3 heteroatoms. The Kier molecular flexibility index (Phi) is 6.04. The maximum Gasteiger partial charge on any atom is 0.195 e. The molecule has 0 radical (unpaired) electrons. The van der Waals surface area contributed by atoms with E-state index in [0.29, 0.717) is 0 Å². The fourth-order valence-corrected chi connectivity index (χ4v) is 1.43. The van der Waals surface area contributed by atoms with Crippen LogP contribution in [0.3, 0.4) is 0 Å². The molecule has 0 amide bonds. The highest BCUT2D eigenvalue weighted by Gasteiger charge is 2.04. The molecule has 1 aromatic heterocycles. The molecule has 0 unspecified atom stereocenters. The molecule has 0 spiro atoms. The Hall–Kier alpha value is -1.61. The van der Waals surface area contributed by atoms with Gasteiger partial charge in [0, 0.05) is 19.4 Å². The van der Waals surface area contributed by atoms with E-state index < -0.39 is 0 Å². The van der Waals surface area contributed by atoms with Crippen molar-refractivity contribution in [2.24, 2.45) is 0 Å². The van der Waals surface area contributed by atoms with Crippen LogP contribution in [0, 0.1) is 0 Å². The summed E-state index contributed by atoms with van der Waals surface area (Å²) in [7, 11) is 1.92. The zero-order valence-electron chi connectivity index (χ0n) is 10.6. The minimum Gasteiger partial charge on any atom is -0.449 e. The van der Waals surface area contributed by atoms with Gasteiger partial charge in [0.15, 0.2) is 5.89 Å². The second kappa shape index (κ2) is 7.63. The molecule has 1 N–H and O–H groups in total. The maximum atomic E-state index is 5.39. The third-order valence-electron chi connectivity index (χ3n) is 2.39. The first kappa shape index (κ1) is 13.5. The van der Waals surface area contributed by atoms with Crippen molar-refractivity contribution in [1.82, 2.24) is 10.3 Å². The molecule has 92 valence electrons. The summed E-state index contributed by atoms with van der Waals surface area (Å²) >= 11 is 0. The van der Waals surface area contributed by atoms with E-state index in [1.807, 2.05) is 26.1 Å². The Labute approximate surface area is 103 Å². The van der Waals surface area contributed by atoms with E-state index >= 15 is 0 Å². The summed E-state index contributed by atoms with van der Waals surface area (Å²) in [5.74, 6) is 0.789. The lowest BCUT2D eigenvalue weighted by atomic mass is 10.1. The lowest BCUT2D eigenvalue weighted by Crippen LogP contribution is -2.10. The highest BCUT2D eigenvalue weighted by Crippen LogP contribution is 2.10. The SMILES string of the molecule is C=C/C=C\C(=C/C)Cc1coc(CCNC)n1. The first-order chi connectivity index (χ1) is 8.30. The van der Waals surface area contributed by atoms with Crippen molar-refractivity contribution in [3.05, 3.63) is 54.3 Å².